The molecule has 124 heavy (non-hydrogen) atoms. The monoisotopic (exact) mass is 1720 g/mol. The standard InChI is InChI=1S/C20H15F4N7O.C20H15F4N7.C20H16F3N7O.C19H15F4N7/c21-10-3-5-14-13(7-10)27-16(9-1-2-9)31(14)20-29-18(25)28-19(30-20)26-11-4-6-15(12(22)8-11)32-17(23)24;21-12-5-8-15-14(9-12)27-16(10-1-2-10)31(15)19-29-17(25)28-18(30-19)26-13-6-3-11(4-7-13)20(22,23)24;21-11-3-8-15-14(9-11)26-16(10-1-2-10)30(15)20-28-18(24)27-19(29-20)25-12-4-6-13(7-5-12)31-17(22)23;1-2-14-26-15-12(20)4-3-5-13(15)30(14)18-28-16(24)27-17(29-18)25-11-8-6-10(7-9-11)19(21,22)23/h3-9,17H,1-2H2,(H3,25,26,28,29,30);3-10H,1-2H2,(H3,25,26,28,29,30);3-10,17H,1-2H2,(H3,24,25,27,28,29);3-9H,2H2,1H3,(H3,24,25,27,28,29). The number of para-hydroxylation sites is 1. The average molecular weight is 1720 g/mol. The van der Waals surface area contributed by atoms with Gasteiger partial charge in [-0.05, 0) is 172 Å². The first-order chi connectivity index (χ1) is 59.4. The molecule has 0 radical (unpaired) electrons. The van der Waals surface area contributed by atoms with Crippen LogP contribution in [0.4, 0.5) is 136 Å². The second-order valence-electron chi connectivity index (χ2n) is 27.8. The van der Waals surface area contributed by atoms with Gasteiger partial charge in [0, 0.05) is 71.2 Å². The molecule has 0 spiro atoms. The third-order valence-electron chi connectivity index (χ3n) is 18.8. The second kappa shape index (κ2) is 33.7. The number of ether oxygens (including phenoxy) is 2. The van der Waals surface area contributed by atoms with E-state index >= 15 is 0 Å². The van der Waals surface area contributed by atoms with Crippen LogP contribution < -0.4 is 53.7 Å². The van der Waals surface area contributed by atoms with Crippen molar-refractivity contribution in [3.8, 4) is 35.3 Å². The van der Waals surface area contributed by atoms with Crippen LogP contribution in [0.1, 0.15) is 97.6 Å². The Morgan fingerprint density at radius 3 is 1.05 bits per heavy atom. The first-order valence-electron chi connectivity index (χ1n) is 37.4. The maximum atomic E-state index is 14.1. The van der Waals surface area contributed by atoms with Gasteiger partial charge in [0.05, 0.1) is 49.7 Å². The van der Waals surface area contributed by atoms with Crippen LogP contribution in [0, 0.1) is 29.1 Å². The summed E-state index contributed by atoms with van der Waals surface area (Å²) >= 11 is 0. The fraction of sp³-hybridized carbons (Fsp3) is 0.190. The molecule has 0 amide bonds. The molecule has 3 saturated carbocycles. The predicted molar refractivity (Wildman–Crippen MR) is 423 cm³/mol. The summed E-state index contributed by atoms with van der Waals surface area (Å²) in [7, 11) is 0. The largest absolute Gasteiger partial charge is 0.435 e. The number of fused-ring (bicyclic) bond motifs is 4. The molecule has 0 atom stereocenters. The summed E-state index contributed by atoms with van der Waals surface area (Å²) < 4.78 is 210. The third kappa shape index (κ3) is 18.8. The minimum absolute atomic E-state index is 0.000126. The van der Waals surface area contributed by atoms with E-state index in [1.165, 1.54) is 84.9 Å². The van der Waals surface area contributed by atoms with Crippen molar-refractivity contribution in [3.05, 3.63) is 227 Å². The lowest BCUT2D eigenvalue weighted by molar-refractivity contribution is -0.138. The van der Waals surface area contributed by atoms with Crippen molar-refractivity contribution in [2.75, 3.05) is 44.2 Å². The highest BCUT2D eigenvalue weighted by Crippen LogP contribution is 2.45. The Balaban J connectivity index is 0.000000122. The molecule has 12 N–H and O–H groups in total. The van der Waals surface area contributed by atoms with Gasteiger partial charge in [0.2, 0.25) is 71.4 Å². The number of nitrogen functional groups attached to an aromatic ring is 4. The number of imidazole rings is 4. The number of aromatic nitrogens is 20. The molecule has 8 aromatic heterocycles. The fourth-order valence-corrected chi connectivity index (χ4v) is 12.9. The van der Waals surface area contributed by atoms with Crippen molar-refractivity contribution in [2.24, 2.45) is 0 Å². The Kier molecular flexibility index (Phi) is 22.4. The Labute approximate surface area is 687 Å². The highest BCUT2D eigenvalue weighted by Gasteiger charge is 2.36. The minimum Gasteiger partial charge on any atom is -0.435 e. The van der Waals surface area contributed by atoms with E-state index in [1.54, 1.807) is 60.7 Å². The molecule has 45 heteroatoms. The smallest absolute Gasteiger partial charge is 0.416 e. The third-order valence-corrected chi connectivity index (χ3v) is 18.8. The number of anilines is 12. The molecule has 8 aromatic carbocycles. The minimum atomic E-state index is -4.43. The number of halogens is 15. The van der Waals surface area contributed by atoms with Gasteiger partial charge in [-0.3, -0.25) is 18.3 Å². The molecule has 0 aliphatic heterocycles. The van der Waals surface area contributed by atoms with Crippen molar-refractivity contribution >= 4 is 114 Å². The number of aryl methyl sites for hydroxylation is 1. The highest BCUT2D eigenvalue weighted by atomic mass is 19.4. The van der Waals surface area contributed by atoms with Gasteiger partial charge in [-0.1, -0.05) is 13.0 Å². The molecule has 30 nitrogen and oxygen atoms in total. The number of benzene rings is 8. The maximum absolute atomic E-state index is 14.1. The molecule has 634 valence electrons. The van der Waals surface area contributed by atoms with Crippen molar-refractivity contribution in [1.82, 2.24) is 98.0 Å². The summed E-state index contributed by atoms with van der Waals surface area (Å²) in [6.45, 7) is -4.20. The number of nitrogens with two attached hydrogens (primary N) is 4. The summed E-state index contributed by atoms with van der Waals surface area (Å²) in [5.74, 6) is 0.705. The molecule has 19 rings (SSSR count). The van der Waals surface area contributed by atoms with Crippen LogP contribution in [0.2, 0.25) is 0 Å². The van der Waals surface area contributed by atoms with Gasteiger partial charge < -0.3 is 53.7 Å². The van der Waals surface area contributed by atoms with Crippen molar-refractivity contribution < 1.29 is 75.3 Å². The van der Waals surface area contributed by atoms with E-state index in [2.05, 4.69) is 110 Å². The number of hydrogen-bond acceptors (Lipinski definition) is 26. The maximum Gasteiger partial charge on any atom is 0.416 e. The molecule has 0 bridgehead atoms. The zero-order chi connectivity index (χ0) is 87.2. The zero-order valence-electron chi connectivity index (χ0n) is 63.7. The topological polar surface area (TPSA) is 397 Å². The second-order valence-corrected chi connectivity index (χ2v) is 27.8. The number of nitrogens with zero attached hydrogens (tertiary/aromatic N) is 20. The van der Waals surface area contributed by atoms with Gasteiger partial charge in [-0.15, -0.1) is 0 Å². The summed E-state index contributed by atoms with van der Waals surface area (Å²) in [5.41, 5.74) is 27.3. The number of rotatable bonds is 20. The lowest BCUT2D eigenvalue weighted by Crippen LogP contribution is -2.11. The van der Waals surface area contributed by atoms with Gasteiger partial charge in [-0.2, -0.15) is 104 Å². The van der Waals surface area contributed by atoms with Gasteiger partial charge in [0.15, 0.2) is 17.4 Å². The summed E-state index contributed by atoms with van der Waals surface area (Å²) in [5, 5.41) is 11.4. The van der Waals surface area contributed by atoms with Crippen LogP contribution >= 0.6 is 0 Å². The van der Waals surface area contributed by atoms with Crippen LogP contribution in [0.25, 0.3) is 67.9 Å². The molecule has 3 aliphatic rings. The van der Waals surface area contributed by atoms with Crippen LogP contribution in [0.15, 0.2) is 164 Å². The SMILES string of the molecule is CCc1nc2c(F)cccc2n1-c1nc(N)nc(Nc2ccc(C(F)(F)F)cc2)n1.Nc1nc(Nc2ccc(C(F)(F)F)cc2)nc(-n2c(C3CC3)nc3cc(F)ccc32)n1.Nc1nc(Nc2ccc(OC(F)F)c(F)c2)nc(-n2c(C3CC3)nc3cc(F)ccc32)n1.Nc1nc(Nc2ccc(OC(F)F)cc2)nc(-n2c(C3CC3)nc3cc(F)ccc32)n1. The first-order valence-corrected chi connectivity index (χ1v) is 37.4. The van der Waals surface area contributed by atoms with Crippen molar-refractivity contribution in [3.63, 3.8) is 0 Å². The van der Waals surface area contributed by atoms with Crippen LogP contribution in [-0.4, -0.2) is 111 Å². The fourth-order valence-electron chi connectivity index (χ4n) is 12.9. The van der Waals surface area contributed by atoms with E-state index in [0.717, 1.165) is 80.7 Å². The normalized spacial score (nSPS) is 13.3. The van der Waals surface area contributed by atoms with Crippen LogP contribution in [0.3, 0.4) is 0 Å². The molecule has 3 fully saturated rings. The quantitative estimate of drug-likeness (QED) is 0.0329. The molecule has 0 saturated heterocycles. The lowest BCUT2D eigenvalue weighted by atomic mass is 10.2. The van der Waals surface area contributed by atoms with Gasteiger partial charge in [0.1, 0.15) is 52.0 Å². The van der Waals surface area contributed by atoms with E-state index in [0.29, 0.717) is 79.6 Å². The van der Waals surface area contributed by atoms with Crippen molar-refractivity contribution in [2.45, 2.75) is 95.2 Å². The average Bonchev–Trinajstić information content (AvgIpc) is 1.62. The van der Waals surface area contributed by atoms with Gasteiger partial charge in [0.25, 0.3) is 0 Å². The zero-order valence-corrected chi connectivity index (χ0v) is 63.7. The van der Waals surface area contributed by atoms with E-state index in [9.17, 15) is 65.9 Å². The molecule has 16 aromatic rings. The first kappa shape index (κ1) is 82.3. The van der Waals surface area contributed by atoms with Crippen LogP contribution in [-0.2, 0) is 18.8 Å². The highest BCUT2D eigenvalue weighted by molar-refractivity contribution is 5.82. The van der Waals surface area contributed by atoms with E-state index in [-0.39, 0.29) is 112 Å². The summed E-state index contributed by atoms with van der Waals surface area (Å²) in [4.78, 5) is 68.3. The van der Waals surface area contributed by atoms with Gasteiger partial charge in [-0.25, -0.2) is 41.9 Å². The Bertz CT molecular complexity index is 6660. The lowest BCUT2D eigenvalue weighted by Gasteiger charge is -2.11. The van der Waals surface area contributed by atoms with E-state index in [4.69, 9.17) is 22.9 Å². The molecule has 8 heterocycles. The summed E-state index contributed by atoms with van der Waals surface area (Å²) in [6, 6.07) is 35.4. The van der Waals surface area contributed by atoms with E-state index < -0.39 is 65.7 Å². The Morgan fingerprint density at radius 1 is 0.363 bits per heavy atom. The number of alkyl halides is 10. The van der Waals surface area contributed by atoms with Crippen LogP contribution in [0.5, 0.6) is 11.5 Å². The number of nitrogens with one attached hydrogen (secondary N) is 4. The van der Waals surface area contributed by atoms with Crippen molar-refractivity contribution in [1.29, 1.82) is 0 Å². The number of hydrogen-bond donors (Lipinski definition) is 8. The molecule has 0 unspecified atom stereocenters. The Hall–Kier alpha value is -15.4. The van der Waals surface area contributed by atoms with Gasteiger partial charge >= 0.3 is 25.6 Å². The van der Waals surface area contributed by atoms with E-state index in [1.807, 2.05) is 6.92 Å². The predicted octanol–water partition coefficient (Wildman–Crippen LogP) is 17.3. The Morgan fingerprint density at radius 2 is 0.710 bits per heavy atom. The summed E-state index contributed by atoms with van der Waals surface area (Å²) in [6.07, 6.45) is -2.67. The molecular formula is C79H61F15N28O2. The molecular weight excluding hydrogens is 1660 g/mol. The molecule has 3 aliphatic carbocycles.